The van der Waals surface area contributed by atoms with Gasteiger partial charge in [0.15, 0.2) is 5.72 Å². The molecule has 2 aromatic carbocycles. The van der Waals surface area contributed by atoms with Gasteiger partial charge in [0.05, 0.1) is 34.5 Å². The average Bonchev–Trinajstić information content (AvgIpc) is 3.52. The molecule has 1 saturated carbocycles. The molecule has 2 aliphatic rings. The molecule has 5 rings (SSSR count). The molecule has 6 nitrogen and oxygen atoms in total. The van der Waals surface area contributed by atoms with Crippen molar-refractivity contribution in [2.75, 3.05) is 0 Å². The summed E-state index contributed by atoms with van der Waals surface area (Å²) in [6.45, 7) is 2.82. The van der Waals surface area contributed by atoms with E-state index in [2.05, 4.69) is 4.98 Å². The zero-order chi connectivity index (χ0) is 26.8. The van der Waals surface area contributed by atoms with Crippen LogP contribution in [0, 0.1) is 17.1 Å². The predicted molar refractivity (Wildman–Crippen MR) is 138 cm³/mol. The van der Waals surface area contributed by atoms with Crippen LogP contribution >= 0.6 is 11.6 Å². The van der Waals surface area contributed by atoms with E-state index < -0.39 is 23.1 Å². The standard InChI is InChI=1S/C24H19ClFN3O3.C5H10/c1-23(2,31)16-9-19-21(20(26)10-16)24(32,15-4-6-17(25)7-5-15)29(22(19)30)13-18-8-3-14(11-27)12-28-18;1-2-4-5-3-1/h3-10,12,31-32H,13H2,1-2H3;1-5H2/t24-;/m1./s1. The second-order valence-corrected chi connectivity index (χ2v) is 10.4. The van der Waals surface area contributed by atoms with Gasteiger partial charge in [0.25, 0.3) is 5.91 Å². The lowest BCUT2D eigenvalue weighted by molar-refractivity contribution is -0.0567. The lowest BCUT2D eigenvalue weighted by Crippen LogP contribution is -2.44. The Bertz CT molecular complexity index is 1320. The fraction of sp³-hybridized carbons (Fsp3) is 0.345. The Morgan fingerprint density at radius 3 is 2.24 bits per heavy atom. The molecule has 37 heavy (non-hydrogen) atoms. The minimum absolute atomic E-state index is 0.0479. The van der Waals surface area contributed by atoms with E-state index in [1.54, 1.807) is 24.3 Å². The minimum atomic E-state index is -2.13. The number of fused-ring (bicyclic) bond motifs is 1. The van der Waals surface area contributed by atoms with Gasteiger partial charge in [-0.1, -0.05) is 55.8 Å². The number of carbonyl (C=O) groups is 1. The maximum Gasteiger partial charge on any atom is 0.257 e. The molecular weight excluding hydrogens is 493 g/mol. The van der Waals surface area contributed by atoms with Gasteiger partial charge in [-0.3, -0.25) is 14.7 Å². The monoisotopic (exact) mass is 521 g/mol. The Morgan fingerprint density at radius 2 is 1.73 bits per heavy atom. The smallest absolute Gasteiger partial charge is 0.257 e. The number of aromatic nitrogens is 1. The molecule has 0 saturated heterocycles. The van der Waals surface area contributed by atoms with E-state index >= 15 is 4.39 Å². The average molecular weight is 522 g/mol. The second kappa shape index (κ2) is 10.6. The molecule has 8 heteroatoms. The molecular formula is C29H29ClFN3O3. The van der Waals surface area contributed by atoms with Crippen LogP contribution in [-0.2, 0) is 17.9 Å². The molecule has 0 unspecified atom stereocenters. The highest BCUT2D eigenvalue weighted by Crippen LogP contribution is 2.45. The number of nitrogens with zero attached hydrogens (tertiary/aromatic N) is 3. The number of hydrogen-bond donors (Lipinski definition) is 2. The van der Waals surface area contributed by atoms with Crippen molar-refractivity contribution >= 4 is 17.5 Å². The first-order valence-corrected chi connectivity index (χ1v) is 12.7. The van der Waals surface area contributed by atoms with Crippen molar-refractivity contribution in [2.45, 2.75) is 63.8 Å². The predicted octanol–water partition coefficient (Wildman–Crippen LogP) is 5.77. The van der Waals surface area contributed by atoms with Gasteiger partial charge in [0, 0.05) is 16.8 Å². The van der Waals surface area contributed by atoms with Crippen LogP contribution < -0.4 is 0 Å². The van der Waals surface area contributed by atoms with Crippen LogP contribution in [0.4, 0.5) is 4.39 Å². The first-order chi connectivity index (χ1) is 17.6. The Hall–Kier alpha value is -3.31. The Morgan fingerprint density at radius 1 is 1.11 bits per heavy atom. The molecule has 3 aromatic rings. The number of hydrogen-bond acceptors (Lipinski definition) is 5. The zero-order valence-corrected chi connectivity index (χ0v) is 21.6. The van der Waals surface area contributed by atoms with Gasteiger partial charge in [-0.25, -0.2) is 4.39 Å². The highest BCUT2D eigenvalue weighted by molar-refractivity contribution is 6.30. The topological polar surface area (TPSA) is 97.5 Å². The van der Waals surface area contributed by atoms with Crippen LogP contribution in [0.3, 0.4) is 0 Å². The van der Waals surface area contributed by atoms with Crippen LogP contribution in [0.25, 0.3) is 0 Å². The molecule has 1 aromatic heterocycles. The number of rotatable bonds is 4. The molecule has 1 atom stereocenters. The third kappa shape index (κ3) is 5.37. The largest absolute Gasteiger partial charge is 0.386 e. The Balaban J connectivity index is 0.000000572. The summed E-state index contributed by atoms with van der Waals surface area (Å²) in [6, 6.07) is 13.7. The number of amides is 1. The minimum Gasteiger partial charge on any atom is -0.386 e. The molecule has 1 fully saturated rings. The van der Waals surface area contributed by atoms with Gasteiger partial charge in [-0.05, 0) is 55.8 Å². The molecule has 1 aliphatic carbocycles. The van der Waals surface area contributed by atoms with Crippen molar-refractivity contribution in [3.05, 3.63) is 99.1 Å². The number of carbonyl (C=O) groups excluding carboxylic acids is 1. The van der Waals surface area contributed by atoms with Crippen LogP contribution in [0.2, 0.25) is 5.02 Å². The zero-order valence-electron chi connectivity index (χ0n) is 20.8. The van der Waals surface area contributed by atoms with E-state index in [9.17, 15) is 15.0 Å². The van der Waals surface area contributed by atoms with Crippen LogP contribution in [0.5, 0.6) is 0 Å². The molecule has 0 spiro atoms. The fourth-order valence-corrected chi connectivity index (χ4v) is 4.83. The van der Waals surface area contributed by atoms with Crippen molar-refractivity contribution in [1.82, 2.24) is 9.88 Å². The van der Waals surface area contributed by atoms with E-state index in [1.165, 1.54) is 70.3 Å². The fourth-order valence-electron chi connectivity index (χ4n) is 4.71. The van der Waals surface area contributed by atoms with Gasteiger partial charge in [0.1, 0.15) is 11.9 Å². The Labute approximate surface area is 221 Å². The van der Waals surface area contributed by atoms with E-state index in [4.69, 9.17) is 16.9 Å². The second-order valence-electron chi connectivity index (χ2n) is 9.93. The number of benzene rings is 2. The van der Waals surface area contributed by atoms with E-state index in [-0.39, 0.29) is 28.8 Å². The molecule has 0 bridgehead atoms. The number of aliphatic hydroxyl groups is 2. The summed E-state index contributed by atoms with van der Waals surface area (Å²) in [5.41, 5.74) is -2.57. The van der Waals surface area contributed by atoms with Crippen molar-refractivity contribution in [1.29, 1.82) is 5.26 Å². The SMILES string of the molecule is C1CCCC1.CC(C)(O)c1cc(F)c2c(c1)C(=O)N(Cc1ccc(C#N)cn1)[C@@]2(O)c1ccc(Cl)cc1. The normalized spacial score (nSPS) is 18.7. The number of nitriles is 1. The maximum atomic E-state index is 15.4. The molecule has 2 heterocycles. The first-order valence-electron chi connectivity index (χ1n) is 12.3. The Kier molecular flexibility index (Phi) is 7.65. The summed E-state index contributed by atoms with van der Waals surface area (Å²) in [4.78, 5) is 18.7. The summed E-state index contributed by atoms with van der Waals surface area (Å²) >= 11 is 5.99. The summed E-state index contributed by atoms with van der Waals surface area (Å²) in [5, 5.41) is 31.6. The first kappa shape index (κ1) is 26.7. The van der Waals surface area contributed by atoms with Gasteiger partial charge in [-0.2, -0.15) is 5.26 Å². The van der Waals surface area contributed by atoms with Crippen LogP contribution in [0.1, 0.15) is 84.3 Å². The van der Waals surface area contributed by atoms with E-state index in [0.29, 0.717) is 16.3 Å². The lowest BCUT2D eigenvalue weighted by atomic mass is 9.89. The number of halogens is 2. The summed E-state index contributed by atoms with van der Waals surface area (Å²) in [7, 11) is 0. The van der Waals surface area contributed by atoms with Crippen LogP contribution in [-0.4, -0.2) is 26.0 Å². The molecule has 0 radical (unpaired) electrons. The third-order valence-corrected chi connectivity index (χ3v) is 7.03. The van der Waals surface area contributed by atoms with E-state index in [1.807, 2.05) is 6.07 Å². The van der Waals surface area contributed by atoms with Gasteiger partial charge in [-0.15, -0.1) is 0 Å². The van der Waals surface area contributed by atoms with Crippen molar-refractivity contribution in [2.24, 2.45) is 0 Å². The maximum absolute atomic E-state index is 15.4. The van der Waals surface area contributed by atoms with Crippen molar-refractivity contribution in [3.63, 3.8) is 0 Å². The van der Waals surface area contributed by atoms with Crippen molar-refractivity contribution in [3.8, 4) is 6.07 Å². The van der Waals surface area contributed by atoms with Gasteiger partial charge in [0.2, 0.25) is 0 Å². The van der Waals surface area contributed by atoms with Gasteiger partial charge >= 0.3 is 0 Å². The quantitative estimate of drug-likeness (QED) is 0.454. The highest BCUT2D eigenvalue weighted by Gasteiger charge is 2.52. The molecule has 192 valence electrons. The van der Waals surface area contributed by atoms with E-state index in [0.717, 1.165) is 11.0 Å². The van der Waals surface area contributed by atoms with Crippen LogP contribution in [0.15, 0.2) is 54.7 Å². The third-order valence-electron chi connectivity index (χ3n) is 6.78. The molecule has 2 N–H and O–H groups in total. The van der Waals surface area contributed by atoms with Crippen molar-refractivity contribution < 1.29 is 19.4 Å². The lowest BCUT2D eigenvalue weighted by Gasteiger charge is -2.35. The summed E-state index contributed by atoms with van der Waals surface area (Å²) in [6.07, 6.45) is 8.86. The summed E-state index contributed by atoms with van der Waals surface area (Å²) in [5.74, 6) is -1.44. The molecule has 1 aliphatic heterocycles. The van der Waals surface area contributed by atoms with Gasteiger partial charge < -0.3 is 10.2 Å². The number of pyridine rings is 1. The molecule has 1 amide bonds. The highest BCUT2D eigenvalue weighted by atomic mass is 35.5. The summed E-state index contributed by atoms with van der Waals surface area (Å²) < 4.78 is 15.4.